The van der Waals surface area contributed by atoms with Crippen LogP contribution in [0.1, 0.15) is 45.2 Å². The Kier molecular flexibility index (Phi) is 5.22. The van der Waals surface area contributed by atoms with Gasteiger partial charge in [-0.25, -0.2) is 0 Å². The van der Waals surface area contributed by atoms with E-state index in [0.717, 1.165) is 19.6 Å². The maximum atomic E-state index is 3.56. The predicted octanol–water partition coefficient (Wildman–Crippen LogP) is 3.66. The van der Waals surface area contributed by atoms with Crippen molar-refractivity contribution in [1.82, 2.24) is 10.2 Å². The van der Waals surface area contributed by atoms with Gasteiger partial charge in [-0.2, -0.15) is 0 Å². The zero-order valence-electron chi connectivity index (χ0n) is 13.6. The van der Waals surface area contributed by atoms with Crippen LogP contribution >= 0.6 is 0 Å². The Morgan fingerprint density at radius 2 is 1.90 bits per heavy atom. The molecule has 1 aromatic carbocycles. The van der Waals surface area contributed by atoms with E-state index in [2.05, 4.69) is 62.2 Å². The third-order valence-electron chi connectivity index (χ3n) is 4.14. The van der Waals surface area contributed by atoms with Gasteiger partial charge in [0.25, 0.3) is 0 Å². The molecular weight excluding hydrogens is 244 g/mol. The second-order valence-corrected chi connectivity index (χ2v) is 7.42. The molecule has 1 aliphatic heterocycles. The van der Waals surface area contributed by atoms with Gasteiger partial charge in [-0.15, -0.1) is 0 Å². The van der Waals surface area contributed by atoms with Gasteiger partial charge in [0.2, 0.25) is 0 Å². The van der Waals surface area contributed by atoms with E-state index >= 15 is 0 Å². The minimum absolute atomic E-state index is 0.491. The van der Waals surface area contributed by atoms with Gasteiger partial charge in [-0.1, -0.05) is 52.0 Å². The van der Waals surface area contributed by atoms with Crippen molar-refractivity contribution in [2.24, 2.45) is 11.3 Å². The van der Waals surface area contributed by atoms with Gasteiger partial charge in [-0.3, -0.25) is 4.90 Å². The molecule has 0 spiro atoms. The number of nitrogens with zero attached hydrogens (tertiary/aromatic N) is 1. The largest absolute Gasteiger partial charge is 0.312 e. The molecule has 20 heavy (non-hydrogen) atoms. The third kappa shape index (κ3) is 4.60. The van der Waals surface area contributed by atoms with Crippen LogP contribution in [0.25, 0.3) is 0 Å². The second kappa shape index (κ2) is 6.73. The summed E-state index contributed by atoms with van der Waals surface area (Å²) in [6.07, 6.45) is 1.32. The normalized spacial score (nSPS) is 18.9. The molecule has 1 N–H and O–H groups in total. The quantitative estimate of drug-likeness (QED) is 0.851. The highest BCUT2D eigenvalue weighted by Gasteiger charge is 2.29. The van der Waals surface area contributed by atoms with Crippen LogP contribution in [0.2, 0.25) is 0 Å². The SMILES string of the molecule is CC(C)CNCc1ccccc1CN1CCC(C)(C)C1. The summed E-state index contributed by atoms with van der Waals surface area (Å²) in [7, 11) is 0. The summed E-state index contributed by atoms with van der Waals surface area (Å²) in [5.74, 6) is 0.710. The van der Waals surface area contributed by atoms with Crippen LogP contribution in [0.4, 0.5) is 0 Å². The van der Waals surface area contributed by atoms with Crippen molar-refractivity contribution in [3.8, 4) is 0 Å². The Labute approximate surface area is 124 Å². The monoisotopic (exact) mass is 274 g/mol. The van der Waals surface area contributed by atoms with Crippen LogP contribution in [-0.4, -0.2) is 24.5 Å². The Hall–Kier alpha value is -0.860. The number of nitrogens with one attached hydrogen (secondary N) is 1. The Bertz CT molecular complexity index is 423. The summed E-state index contributed by atoms with van der Waals surface area (Å²) in [5, 5.41) is 3.56. The van der Waals surface area contributed by atoms with E-state index in [4.69, 9.17) is 0 Å². The molecule has 1 fully saturated rings. The molecule has 0 bridgehead atoms. The summed E-state index contributed by atoms with van der Waals surface area (Å²) in [5.41, 5.74) is 3.43. The molecule has 0 saturated carbocycles. The maximum Gasteiger partial charge on any atom is 0.0237 e. The van der Waals surface area contributed by atoms with Crippen LogP contribution in [0, 0.1) is 11.3 Å². The minimum atomic E-state index is 0.491. The van der Waals surface area contributed by atoms with E-state index < -0.39 is 0 Å². The van der Waals surface area contributed by atoms with Gasteiger partial charge < -0.3 is 5.32 Å². The Balaban J connectivity index is 1.94. The van der Waals surface area contributed by atoms with Gasteiger partial charge >= 0.3 is 0 Å². The molecule has 2 heteroatoms. The second-order valence-electron chi connectivity index (χ2n) is 7.42. The zero-order chi connectivity index (χ0) is 14.6. The summed E-state index contributed by atoms with van der Waals surface area (Å²) in [4.78, 5) is 2.60. The fourth-order valence-electron chi connectivity index (χ4n) is 2.98. The molecule has 1 aromatic rings. The summed E-state index contributed by atoms with van der Waals surface area (Å²) < 4.78 is 0. The molecule has 0 atom stereocenters. The van der Waals surface area contributed by atoms with E-state index in [9.17, 15) is 0 Å². The molecule has 1 aliphatic rings. The number of benzene rings is 1. The van der Waals surface area contributed by atoms with Gasteiger partial charge in [0.1, 0.15) is 0 Å². The molecule has 0 aliphatic carbocycles. The van der Waals surface area contributed by atoms with Crippen molar-refractivity contribution in [3.05, 3.63) is 35.4 Å². The molecular formula is C18H30N2. The van der Waals surface area contributed by atoms with Crippen molar-refractivity contribution < 1.29 is 0 Å². The van der Waals surface area contributed by atoms with Gasteiger partial charge in [0.05, 0.1) is 0 Å². The topological polar surface area (TPSA) is 15.3 Å². The number of hydrogen-bond acceptors (Lipinski definition) is 2. The molecule has 112 valence electrons. The van der Waals surface area contributed by atoms with Crippen LogP contribution in [0.3, 0.4) is 0 Å². The molecule has 1 heterocycles. The molecule has 0 amide bonds. The highest BCUT2D eigenvalue weighted by atomic mass is 15.1. The highest BCUT2D eigenvalue weighted by molar-refractivity contribution is 5.27. The van der Waals surface area contributed by atoms with Crippen molar-refractivity contribution in [2.75, 3.05) is 19.6 Å². The molecule has 1 saturated heterocycles. The first-order valence-electron chi connectivity index (χ1n) is 7.96. The van der Waals surface area contributed by atoms with E-state index in [1.54, 1.807) is 0 Å². The van der Waals surface area contributed by atoms with E-state index in [0.29, 0.717) is 11.3 Å². The van der Waals surface area contributed by atoms with Crippen LogP contribution in [0.5, 0.6) is 0 Å². The first-order valence-corrected chi connectivity index (χ1v) is 7.96. The average molecular weight is 274 g/mol. The van der Waals surface area contributed by atoms with E-state index in [1.807, 2.05) is 0 Å². The Morgan fingerprint density at radius 3 is 2.50 bits per heavy atom. The van der Waals surface area contributed by atoms with E-state index in [-0.39, 0.29) is 0 Å². The van der Waals surface area contributed by atoms with Crippen molar-refractivity contribution >= 4 is 0 Å². The summed E-state index contributed by atoms with van der Waals surface area (Å²) >= 11 is 0. The summed E-state index contributed by atoms with van der Waals surface area (Å²) in [6, 6.07) is 8.88. The first-order chi connectivity index (χ1) is 9.46. The predicted molar refractivity (Wildman–Crippen MR) is 86.7 cm³/mol. The standard InChI is InChI=1S/C18H30N2/c1-15(2)11-19-12-16-7-5-6-8-17(16)13-20-10-9-18(3,4)14-20/h5-8,15,19H,9-14H2,1-4H3. The van der Waals surface area contributed by atoms with Gasteiger partial charge in [0, 0.05) is 19.6 Å². The highest BCUT2D eigenvalue weighted by Crippen LogP contribution is 2.30. The van der Waals surface area contributed by atoms with Gasteiger partial charge in [0.15, 0.2) is 0 Å². The fourth-order valence-corrected chi connectivity index (χ4v) is 2.98. The molecule has 2 rings (SSSR count). The third-order valence-corrected chi connectivity index (χ3v) is 4.14. The van der Waals surface area contributed by atoms with E-state index in [1.165, 1.54) is 30.6 Å². The molecule has 0 unspecified atom stereocenters. The first kappa shape index (κ1) is 15.5. The molecule has 0 aromatic heterocycles. The van der Waals surface area contributed by atoms with Gasteiger partial charge in [-0.05, 0) is 42.0 Å². The average Bonchev–Trinajstić information content (AvgIpc) is 2.70. The number of likely N-dealkylation sites (tertiary alicyclic amines) is 1. The van der Waals surface area contributed by atoms with Crippen LogP contribution < -0.4 is 5.32 Å². The number of rotatable bonds is 6. The van der Waals surface area contributed by atoms with Crippen molar-refractivity contribution in [2.45, 2.75) is 47.2 Å². The molecule has 2 nitrogen and oxygen atoms in total. The van der Waals surface area contributed by atoms with Crippen molar-refractivity contribution in [1.29, 1.82) is 0 Å². The fraction of sp³-hybridized carbons (Fsp3) is 0.667. The minimum Gasteiger partial charge on any atom is -0.312 e. The lowest BCUT2D eigenvalue weighted by Crippen LogP contribution is -2.25. The zero-order valence-corrected chi connectivity index (χ0v) is 13.6. The summed E-state index contributed by atoms with van der Waals surface area (Å²) in [6.45, 7) is 14.9. The lowest BCUT2D eigenvalue weighted by atomic mass is 9.93. The lowest BCUT2D eigenvalue weighted by molar-refractivity contribution is 0.283. The Morgan fingerprint density at radius 1 is 1.20 bits per heavy atom. The van der Waals surface area contributed by atoms with Crippen LogP contribution in [0.15, 0.2) is 24.3 Å². The molecule has 0 radical (unpaired) electrons. The number of hydrogen-bond donors (Lipinski definition) is 1. The smallest absolute Gasteiger partial charge is 0.0237 e. The lowest BCUT2D eigenvalue weighted by Gasteiger charge is -2.21. The maximum absolute atomic E-state index is 3.56. The van der Waals surface area contributed by atoms with Crippen molar-refractivity contribution in [3.63, 3.8) is 0 Å². The van der Waals surface area contributed by atoms with Crippen LogP contribution in [-0.2, 0) is 13.1 Å².